The van der Waals surface area contributed by atoms with Crippen molar-refractivity contribution in [3.05, 3.63) is 29.3 Å². The predicted octanol–water partition coefficient (Wildman–Crippen LogP) is 3.36. The van der Waals surface area contributed by atoms with Gasteiger partial charge in [0.05, 0.1) is 11.8 Å². The van der Waals surface area contributed by atoms with Crippen molar-refractivity contribution in [2.75, 3.05) is 0 Å². The van der Waals surface area contributed by atoms with Crippen molar-refractivity contribution in [3.63, 3.8) is 0 Å². The van der Waals surface area contributed by atoms with Gasteiger partial charge in [0.25, 0.3) is 0 Å². The first kappa shape index (κ1) is 10.9. The summed E-state index contributed by atoms with van der Waals surface area (Å²) in [7, 11) is 0. The molecule has 0 aliphatic rings. The van der Waals surface area contributed by atoms with Gasteiger partial charge in [-0.1, -0.05) is 13.8 Å². The van der Waals surface area contributed by atoms with E-state index in [1.165, 1.54) is 0 Å². The average Bonchev–Trinajstić information content (AvgIpc) is 2.02. The van der Waals surface area contributed by atoms with Crippen molar-refractivity contribution in [1.82, 2.24) is 4.98 Å². The van der Waals surface area contributed by atoms with E-state index in [0.29, 0.717) is 6.20 Å². The number of alkyl halides is 3. The highest BCUT2D eigenvalue weighted by Crippen LogP contribution is 2.32. The summed E-state index contributed by atoms with van der Waals surface area (Å²) in [4.78, 5) is 3.58. The van der Waals surface area contributed by atoms with Crippen molar-refractivity contribution in [1.29, 1.82) is 0 Å². The van der Waals surface area contributed by atoms with Crippen molar-refractivity contribution in [2.45, 2.75) is 25.9 Å². The maximum absolute atomic E-state index is 12.7. The Morgan fingerprint density at radius 1 is 1.29 bits per heavy atom. The lowest BCUT2D eigenvalue weighted by atomic mass is 10.1. The molecule has 1 heterocycles. The summed E-state index contributed by atoms with van der Waals surface area (Å²) in [6.45, 7) is 3.39. The number of halogens is 4. The van der Waals surface area contributed by atoms with E-state index in [2.05, 4.69) is 4.98 Å². The Morgan fingerprint density at radius 2 is 1.86 bits per heavy atom. The van der Waals surface area contributed by atoms with Crippen LogP contribution in [0.2, 0.25) is 0 Å². The lowest BCUT2D eigenvalue weighted by Gasteiger charge is -2.10. The summed E-state index contributed by atoms with van der Waals surface area (Å²) < 4.78 is 49.4. The number of hydrogen-bond acceptors (Lipinski definition) is 1. The fourth-order valence-electron chi connectivity index (χ4n) is 0.988. The molecule has 0 unspecified atom stereocenters. The molecule has 0 radical (unpaired) electrons. The van der Waals surface area contributed by atoms with Crippen LogP contribution >= 0.6 is 0 Å². The van der Waals surface area contributed by atoms with Crippen LogP contribution in [0, 0.1) is 5.82 Å². The van der Waals surface area contributed by atoms with Gasteiger partial charge in [0, 0.05) is 5.69 Å². The maximum Gasteiger partial charge on any atom is 0.419 e. The van der Waals surface area contributed by atoms with Gasteiger partial charge in [-0.3, -0.25) is 4.98 Å². The number of nitrogens with zero attached hydrogens (tertiary/aromatic N) is 1. The first-order valence-electron chi connectivity index (χ1n) is 4.05. The van der Waals surface area contributed by atoms with Crippen LogP contribution in [0.15, 0.2) is 12.3 Å². The van der Waals surface area contributed by atoms with Crippen LogP contribution < -0.4 is 0 Å². The normalized spacial score (nSPS) is 12.2. The molecule has 0 spiro atoms. The zero-order valence-corrected chi connectivity index (χ0v) is 7.69. The van der Waals surface area contributed by atoms with E-state index >= 15 is 0 Å². The molecule has 0 atom stereocenters. The van der Waals surface area contributed by atoms with Gasteiger partial charge in [-0.25, -0.2) is 4.39 Å². The van der Waals surface area contributed by atoms with Gasteiger partial charge in [-0.15, -0.1) is 0 Å². The highest BCUT2D eigenvalue weighted by Gasteiger charge is 2.34. The van der Waals surface area contributed by atoms with Crippen LogP contribution in [0.5, 0.6) is 0 Å². The third kappa shape index (κ3) is 2.21. The molecule has 1 aromatic heterocycles. The van der Waals surface area contributed by atoms with Gasteiger partial charge in [0.1, 0.15) is 0 Å². The summed E-state index contributed by atoms with van der Waals surface area (Å²) in [5, 5.41) is 0. The van der Waals surface area contributed by atoms with Gasteiger partial charge in [-0.2, -0.15) is 13.2 Å². The summed E-state index contributed by atoms with van der Waals surface area (Å²) in [6.07, 6.45) is -4.05. The molecule has 0 saturated heterocycles. The number of rotatable bonds is 1. The number of aromatic nitrogens is 1. The zero-order valence-electron chi connectivity index (χ0n) is 7.69. The van der Waals surface area contributed by atoms with Crippen LogP contribution in [0.25, 0.3) is 0 Å². The first-order chi connectivity index (χ1) is 6.32. The SMILES string of the molecule is CC(C)c1cc(C(F)(F)F)c(F)cn1. The highest BCUT2D eigenvalue weighted by atomic mass is 19.4. The van der Waals surface area contributed by atoms with Gasteiger partial charge < -0.3 is 0 Å². The average molecular weight is 207 g/mol. The molecule has 0 aromatic carbocycles. The molecule has 0 aliphatic carbocycles. The molecule has 1 nitrogen and oxygen atoms in total. The Kier molecular flexibility index (Phi) is 2.78. The third-order valence-corrected chi connectivity index (χ3v) is 1.77. The van der Waals surface area contributed by atoms with Crippen LogP contribution in [0.3, 0.4) is 0 Å². The first-order valence-corrected chi connectivity index (χ1v) is 4.05. The third-order valence-electron chi connectivity index (χ3n) is 1.77. The lowest BCUT2D eigenvalue weighted by Crippen LogP contribution is -2.10. The minimum absolute atomic E-state index is 0.156. The van der Waals surface area contributed by atoms with Gasteiger partial charge in [0.15, 0.2) is 5.82 Å². The zero-order chi connectivity index (χ0) is 10.9. The Labute approximate surface area is 78.8 Å². The summed E-state index contributed by atoms with van der Waals surface area (Å²) in [5.41, 5.74) is -1.02. The topological polar surface area (TPSA) is 12.9 Å². The Balaban J connectivity index is 3.22. The minimum Gasteiger partial charge on any atom is -0.258 e. The van der Waals surface area contributed by atoms with Crippen molar-refractivity contribution in [2.24, 2.45) is 0 Å². The molecule has 0 aliphatic heterocycles. The predicted molar refractivity (Wildman–Crippen MR) is 43.3 cm³/mol. The molecule has 78 valence electrons. The van der Waals surface area contributed by atoms with E-state index in [0.717, 1.165) is 6.07 Å². The minimum atomic E-state index is -4.66. The van der Waals surface area contributed by atoms with E-state index in [4.69, 9.17) is 0 Å². The molecule has 1 aromatic rings. The number of pyridine rings is 1. The molecule has 0 amide bonds. The molecule has 0 fully saturated rings. The van der Waals surface area contributed by atoms with Gasteiger partial charge in [-0.05, 0) is 12.0 Å². The second-order valence-corrected chi connectivity index (χ2v) is 3.24. The monoisotopic (exact) mass is 207 g/mol. The molecule has 0 N–H and O–H groups in total. The second-order valence-electron chi connectivity index (χ2n) is 3.24. The molecule has 0 bridgehead atoms. The molecule has 14 heavy (non-hydrogen) atoms. The fourth-order valence-corrected chi connectivity index (χ4v) is 0.988. The van der Waals surface area contributed by atoms with Crippen molar-refractivity contribution < 1.29 is 17.6 Å². The maximum atomic E-state index is 12.7. The van der Waals surface area contributed by atoms with Crippen LogP contribution in [0.1, 0.15) is 31.0 Å². The Hall–Kier alpha value is -1.13. The smallest absolute Gasteiger partial charge is 0.258 e. The standard InChI is InChI=1S/C9H9F4N/c1-5(2)8-3-6(9(11,12)13)7(10)4-14-8/h3-5H,1-2H3. The van der Waals surface area contributed by atoms with Gasteiger partial charge in [0.2, 0.25) is 0 Å². The second kappa shape index (κ2) is 3.55. The number of hydrogen-bond donors (Lipinski definition) is 0. The summed E-state index contributed by atoms with van der Waals surface area (Å²) in [5.74, 6) is -1.49. The Morgan fingerprint density at radius 3 is 2.29 bits per heavy atom. The van der Waals surface area contributed by atoms with Crippen LogP contribution in [0.4, 0.5) is 17.6 Å². The van der Waals surface area contributed by atoms with Gasteiger partial charge >= 0.3 is 6.18 Å². The largest absolute Gasteiger partial charge is 0.419 e. The molecular formula is C9H9F4N. The summed E-state index contributed by atoms with van der Waals surface area (Å²) >= 11 is 0. The van der Waals surface area contributed by atoms with E-state index < -0.39 is 17.6 Å². The quantitative estimate of drug-likeness (QED) is 0.643. The lowest BCUT2D eigenvalue weighted by molar-refractivity contribution is -0.140. The van der Waals surface area contributed by atoms with E-state index in [9.17, 15) is 17.6 Å². The molecule has 1 rings (SSSR count). The van der Waals surface area contributed by atoms with Crippen molar-refractivity contribution >= 4 is 0 Å². The van der Waals surface area contributed by atoms with Crippen LogP contribution in [-0.2, 0) is 6.18 Å². The van der Waals surface area contributed by atoms with E-state index in [1.807, 2.05) is 0 Å². The molecule has 5 heteroatoms. The highest BCUT2D eigenvalue weighted by molar-refractivity contribution is 5.22. The van der Waals surface area contributed by atoms with E-state index in [1.54, 1.807) is 13.8 Å². The van der Waals surface area contributed by atoms with Crippen molar-refractivity contribution in [3.8, 4) is 0 Å². The summed E-state index contributed by atoms with van der Waals surface area (Å²) in [6, 6.07) is 0.750. The molecular weight excluding hydrogens is 198 g/mol. The molecule has 0 saturated carbocycles. The van der Waals surface area contributed by atoms with Crippen LogP contribution in [-0.4, -0.2) is 4.98 Å². The fraction of sp³-hybridized carbons (Fsp3) is 0.444. The Bertz CT molecular complexity index is 330. The van der Waals surface area contributed by atoms with E-state index in [-0.39, 0.29) is 11.6 Å².